The lowest BCUT2D eigenvalue weighted by atomic mass is 10.1. The molecule has 3 N–H and O–H groups in total. The Kier molecular flexibility index (Phi) is 5.38. The van der Waals surface area contributed by atoms with Crippen LogP contribution in [0, 0.1) is 12.7 Å². The van der Waals surface area contributed by atoms with Gasteiger partial charge in [-0.15, -0.1) is 0 Å². The van der Waals surface area contributed by atoms with Crippen LogP contribution in [0.1, 0.15) is 11.1 Å². The molecule has 0 unspecified atom stereocenters. The predicted octanol–water partition coefficient (Wildman–Crippen LogP) is 0.619. The Hall–Kier alpha value is -0.970. The molecule has 0 aliphatic heterocycles. The number of rotatable bonds is 6. The number of benzene rings is 1. The van der Waals surface area contributed by atoms with Crippen molar-refractivity contribution in [3.8, 4) is 0 Å². The van der Waals surface area contributed by atoms with Crippen LogP contribution in [-0.4, -0.2) is 36.0 Å². The third-order valence-corrected chi connectivity index (χ3v) is 2.51. The van der Waals surface area contributed by atoms with Gasteiger partial charge in [-0.05, 0) is 37.1 Å². The Morgan fingerprint density at radius 3 is 2.56 bits per heavy atom. The van der Waals surface area contributed by atoms with Gasteiger partial charge in [0.25, 0.3) is 0 Å². The molecule has 3 nitrogen and oxygen atoms in total. The van der Waals surface area contributed by atoms with Crippen molar-refractivity contribution in [2.24, 2.45) is 0 Å². The summed E-state index contributed by atoms with van der Waals surface area (Å²) in [5, 5.41) is 20.7. The third kappa shape index (κ3) is 3.89. The molecule has 0 saturated carbocycles. The van der Waals surface area contributed by atoms with Crippen molar-refractivity contribution in [3.05, 3.63) is 35.1 Å². The molecule has 1 rings (SSSR count). The second-order valence-corrected chi connectivity index (χ2v) is 3.85. The second-order valence-electron chi connectivity index (χ2n) is 3.85. The van der Waals surface area contributed by atoms with Gasteiger partial charge in [0.2, 0.25) is 0 Å². The zero-order valence-electron chi connectivity index (χ0n) is 9.41. The van der Waals surface area contributed by atoms with Crippen LogP contribution in [0.25, 0.3) is 0 Å². The normalized spacial score (nSPS) is 11.1. The molecule has 1 aromatic carbocycles. The van der Waals surface area contributed by atoms with E-state index in [0.29, 0.717) is 12.1 Å². The van der Waals surface area contributed by atoms with Crippen LogP contribution in [0.2, 0.25) is 0 Å². The Morgan fingerprint density at radius 2 is 2.00 bits per heavy atom. The summed E-state index contributed by atoms with van der Waals surface area (Å²) in [5.74, 6) is -0.194. The van der Waals surface area contributed by atoms with E-state index >= 15 is 0 Å². The number of aliphatic hydroxyl groups excluding tert-OH is 2. The molecular weight excluding hydrogens is 209 g/mol. The van der Waals surface area contributed by atoms with Crippen LogP contribution in [0.5, 0.6) is 0 Å². The van der Waals surface area contributed by atoms with Crippen LogP contribution < -0.4 is 5.32 Å². The molecule has 0 aromatic heterocycles. The Morgan fingerprint density at radius 1 is 1.31 bits per heavy atom. The molecule has 90 valence electrons. The van der Waals surface area contributed by atoms with Crippen molar-refractivity contribution in [3.63, 3.8) is 0 Å². The van der Waals surface area contributed by atoms with Gasteiger partial charge in [-0.25, -0.2) is 4.39 Å². The number of hydrogen-bond donors (Lipinski definition) is 3. The molecule has 0 spiro atoms. The highest BCUT2D eigenvalue weighted by molar-refractivity contribution is 5.24. The Balaban J connectivity index is 2.40. The van der Waals surface area contributed by atoms with Gasteiger partial charge in [-0.2, -0.15) is 0 Å². The molecule has 0 atom stereocenters. The topological polar surface area (TPSA) is 52.5 Å². The molecule has 0 aliphatic carbocycles. The van der Waals surface area contributed by atoms with Crippen LogP contribution >= 0.6 is 0 Å². The van der Waals surface area contributed by atoms with Gasteiger partial charge in [0.15, 0.2) is 0 Å². The summed E-state index contributed by atoms with van der Waals surface area (Å²) in [6, 6.07) is 4.74. The Labute approximate surface area is 94.9 Å². The summed E-state index contributed by atoms with van der Waals surface area (Å²) in [5.41, 5.74) is 1.68. The summed E-state index contributed by atoms with van der Waals surface area (Å²) in [6.45, 7) is 2.21. The molecule has 16 heavy (non-hydrogen) atoms. The van der Waals surface area contributed by atoms with Crippen LogP contribution in [0.3, 0.4) is 0 Å². The molecule has 0 bridgehead atoms. The van der Waals surface area contributed by atoms with E-state index in [1.54, 1.807) is 13.0 Å². The molecule has 0 saturated heterocycles. The van der Waals surface area contributed by atoms with E-state index in [-0.39, 0.29) is 25.1 Å². The van der Waals surface area contributed by atoms with E-state index in [2.05, 4.69) is 5.32 Å². The van der Waals surface area contributed by atoms with Crippen molar-refractivity contribution in [1.29, 1.82) is 0 Å². The van der Waals surface area contributed by atoms with E-state index in [0.717, 1.165) is 12.0 Å². The summed E-state index contributed by atoms with van der Waals surface area (Å²) in [4.78, 5) is 0. The zero-order chi connectivity index (χ0) is 12.0. The molecular formula is C12H18FNO2. The lowest BCUT2D eigenvalue weighted by Crippen LogP contribution is -2.36. The van der Waals surface area contributed by atoms with Crippen molar-refractivity contribution in [1.82, 2.24) is 5.32 Å². The molecule has 0 aliphatic rings. The van der Waals surface area contributed by atoms with Gasteiger partial charge in [-0.3, -0.25) is 0 Å². The summed E-state index contributed by atoms with van der Waals surface area (Å²) in [6.07, 6.45) is 0.748. The highest BCUT2D eigenvalue weighted by Crippen LogP contribution is 2.09. The van der Waals surface area contributed by atoms with E-state index < -0.39 is 0 Å². The maximum Gasteiger partial charge on any atom is 0.126 e. The average molecular weight is 227 g/mol. The quantitative estimate of drug-likeness (QED) is 0.668. The largest absolute Gasteiger partial charge is 0.395 e. The first-order valence-corrected chi connectivity index (χ1v) is 5.37. The maximum atomic E-state index is 13.0. The molecule has 0 fully saturated rings. The number of nitrogens with one attached hydrogen (secondary N) is 1. The minimum atomic E-state index is -0.276. The average Bonchev–Trinajstić information content (AvgIpc) is 2.29. The minimum absolute atomic E-state index is 0.0844. The van der Waals surface area contributed by atoms with E-state index in [4.69, 9.17) is 10.2 Å². The van der Waals surface area contributed by atoms with Gasteiger partial charge in [0.1, 0.15) is 5.82 Å². The first-order valence-electron chi connectivity index (χ1n) is 5.37. The highest BCUT2D eigenvalue weighted by Gasteiger charge is 2.04. The second kappa shape index (κ2) is 6.58. The lowest BCUT2D eigenvalue weighted by molar-refractivity contribution is 0.171. The fourth-order valence-corrected chi connectivity index (χ4v) is 1.47. The van der Waals surface area contributed by atoms with Crippen LogP contribution in [-0.2, 0) is 6.42 Å². The molecule has 1 aromatic rings. The molecule has 0 heterocycles. The van der Waals surface area contributed by atoms with Gasteiger partial charge in [0.05, 0.1) is 19.3 Å². The number of hydrogen-bond acceptors (Lipinski definition) is 3. The monoisotopic (exact) mass is 227 g/mol. The predicted molar refractivity (Wildman–Crippen MR) is 60.8 cm³/mol. The maximum absolute atomic E-state index is 13.0. The van der Waals surface area contributed by atoms with Gasteiger partial charge in [-0.1, -0.05) is 12.1 Å². The summed E-state index contributed by atoms with van der Waals surface area (Å²) in [7, 11) is 0. The number of halogens is 1. The van der Waals surface area contributed by atoms with Crippen molar-refractivity contribution >= 4 is 0 Å². The molecule has 0 amide bonds. The van der Waals surface area contributed by atoms with E-state index in [1.165, 1.54) is 6.07 Å². The zero-order valence-corrected chi connectivity index (χ0v) is 9.41. The lowest BCUT2D eigenvalue weighted by Gasteiger charge is -2.13. The van der Waals surface area contributed by atoms with Gasteiger partial charge < -0.3 is 15.5 Å². The Bertz CT molecular complexity index is 327. The van der Waals surface area contributed by atoms with E-state index in [1.807, 2.05) is 6.07 Å². The standard InChI is InChI=1S/C12H18FNO2/c1-9-6-10(2-3-12(9)13)4-5-14-11(7-15)8-16/h2-3,6,11,14-16H,4-5,7-8H2,1H3. The molecule has 0 radical (unpaired) electrons. The fraction of sp³-hybridized carbons (Fsp3) is 0.500. The number of aliphatic hydroxyl groups is 2. The summed E-state index contributed by atoms with van der Waals surface area (Å²) < 4.78 is 13.0. The first kappa shape index (κ1) is 13.1. The first-order chi connectivity index (χ1) is 7.67. The smallest absolute Gasteiger partial charge is 0.126 e. The fourth-order valence-electron chi connectivity index (χ4n) is 1.47. The van der Waals surface area contributed by atoms with Crippen molar-refractivity contribution in [2.75, 3.05) is 19.8 Å². The highest BCUT2D eigenvalue weighted by atomic mass is 19.1. The third-order valence-electron chi connectivity index (χ3n) is 2.51. The van der Waals surface area contributed by atoms with Crippen LogP contribution in [0.4, 0.5) is 4.39 Å². The summed E-state index contributed by atoms with van der Waals surface area (Å²) >= 11 is 0. The van der Waals surface area contributed by atoms with Gasteiger partial charge >= 0.3 is 0 Å². The van der Waals surface area contributed by atoms with Gasteiger partial charge in [0, 0.05) is 0 Å². The number of aryl methyl sites for hydroxylation is 1. The minimum Gasteiger partial charge on any atom is -0.395 e. The van der Waals surface area contributed by atoms with Crippen LogP contribution in [0.15, 0.2) is 18.2 Å². The van der Waals surface area contributed by atoms with E-state index in [9.17, 15) is 4.39 Å². The molecule has 4 heteroatoms. The van der Waals surface area contributed by atoms with Crippen molar-refractivity contribution < 1.29 is 14.6 Å². The van der Waals surface area contributed by atoms with Crippen molar-refractivity contribution in [2.45, 2.75) is 19.4 Å². The SMILES string of the molecule is Cc1cc(CCNC(CO)CO)ccc1F.